The van der Waals surface area contributed by atoms with Crippen LogP contribution in [0.2, 0.25) is 0 Å². The van der Waals surface area contributed by atoms with E-state index >= 15 is 0 Å². The van der Waals surface area contributed by atoms with Crippen molar-refractivity contribution in [3.05, 3.63) is 151 Å². The number of hydrogen-bond donors (Lipinski definition) is 1. The monoisotopic (exact) mass is 488 g/mol. The van der Waals surface area contributed by atoms with Crippen molar-refractivity contribution in [2.24, 2.45) is 0 Å². The summed E-state index contributed by atoms with van der Waals surface area (Å²) in [7, 11) is -0.224. The molecule has 5 aromatic carbocycles. The maximum atomic E-state index is 5.28. The Hall–Kier alpha value is -3.87. The maximum absolute atomic E-state index is 5.28. The first kappa shape index (κ1) is 23.9. The number of hydrogen-bond acceptors (Lipinski definition) is 2. The molecule has 0 amide bonds. The summed E-state index contributed by atoms with van der Waals surface area (Å²) in [4.78, 5) is 0. The minimum absolute atomic E-state index is 0.771. The lowest BCUT2D eigenvalue weighted by molar-refractivity contribution is 0.415. The van der Waals surface area contributed by atoms with E-state index in [1.807, 2.05) is 12.1 Å². The van der Waals surface area contributed by atoms with Gasteiger partial charge in [-0.3, -0.25) is 0 Å². The molecule has 0 saturated carbocycles. The van der Waals surface area contributed by atoms with E-state index in [-0.39, 0.29) is 0 Å². The van der Waals surface area contributed by atoms with Gasteiger partial charge in [-0.2, -0.15) is 0 Å². The van der Waals surface area contributed by atoms with Crippen molar-refractivity contribution >= 4 is 28.9 Å². The zero-order valence-electron chi connectivity index (χ0n) is 20.5. The summed E-state index contributed by atoms with van der Waals surface area (Å²) < 4.78 is 5.28. The van der Waals surface area contributed by atoms with E-state index < -0.39 is 7.26 Å². The Morgan fingerprint density at radius 2 is 1.06 bits per heavy atom. The summed E-state index contributed by atoms with van der Waals surface area (Å²) in [5.41, 5.74) is 3.71. The first-order valence-electron chi connectivity index (χ1n) is 12.3. The zero-order chi connectivity index (χ0) is 24.6. The Kier molecular flexibility index (Phi) is 7.45. The summed E-state index contributed by atoms with van der Waals surface area (Å²) in [6.07, 6.45) is 0.974. The Balaban J connectivity index is 1.52. The van der Waals surface area contributed by atoms with E-state index in [0.717, 1.165) is 24.1 Å². The van der Waals surface area contributed by atoms with E-state index in [4.69, 9.17) is 4.74 Å². The van der Waals surface area contributed by atoms with Crippen LogP contribution in [0, 0.1) is 0 Å². The minimum atomic E-state index is -1.92. The molecule has 5 aromatic rings. The van der Waals surface area contributed by atoms with Crippen LogP contribution in [0.5, 0.6) is 5.75 Å². The van der Waals surface area contributed by atoms with Crippen molar-refractivity contribution in [3.8, 4) is 5.75 Å². The van der Waals surface area contributed by atoms with Gasteiger partial charge in [0.2, 0.25) is 0 Å². The highest BCUT2D eigenvalue weighted by Crippen LogP contribution is 2.58. The smallest absolute Gasteiger partial charge is 0.119 e. The molecule has 0 aromatic heterocycles. The molecule has 0 aliphatic rings. The van der Waals surface area contributed by atoms with Crippen LogP contribution in [0.3, 0.4) is 0 Å². The standard InChI is InChI=1S/C33H31NOP/c1-35-30-22-20-29(21-23-30)34-25-27-12-11-13-28(24-27)26-36(31-14-5-2-6-15-31,32-16-7-3-8-17-32)33-18-9-4-10-19-33/h2-24,34H,25-26H2,1H3/q+1. The fourth-order valence-corrected chi connectivity index (χ4v) is 9.02. The predicted octanol–water partition coefficient (Wildman–Crippen LogP) is 6.80. The molecule has 178 valence electrons. The molecular formula is C33H31NOP+. The average Bonchev–Trinajstić information content (AvgIpc) is 2.97. The molecule has 0 aliphatic carbocycles. The number of anilines is 1. The molecule has 2 nitrogen and oxygen atoms in total. The quantitative estimate of drug-likeness (QED) is 0.230. The fourth-order valence-electron chi connectivity index (χ4n) is 4.79. The van der Waals surface area contributed by atoms with Crippen molar-refractivity contribution in [2.75, 3.05) is 12.4 Å². The summed E-state index contributed by atoms with van der Waals surface area (Å²) in [6.45, 7) is 0.771. The summed E-state index contributed by atoms with van der Waals surface area (Å²) in [5, 5.41) is 7.77. The van der Waals surface area contributed by atoms with E-state index in [9.17, 15) is 0 Å². The van der Waals surface area contributed by atoms with Crippen molar-refractivity contribution in [1.29, 1.82) is 0 Å². The summed E-state index contributed by atoms with van der Waals surface area (Å²) in [5.74, 6) is 0.866. The molecule has 0 saturated heterocycles. The topological polar surface area (TPSA) is 21.3 Å². The van der Waals surface area contributed by atoms with Crippen LogP contribution in [0.25, 0.3) is 0 Å². The average molecular weight is 489 g/mol. The SMILES string of the molecule is COc1ccc(NCc2cccc(C[P+](c3ccccc3)(c3ccccc3)c3ccccc3)c2)cc1. The van der Waals surface area contributed by atoms with Crippen molar-refractivity contribution in [1.82, 2.24) is 0 Å². The second-order valence-corrected chi connectivity index (χ2v) is 12.4. The normalized spacial score (nSPS) is 11.1. The lowest BCUT2D eigenvalue weighted by Crippen LogP contribution is -2.32. The number of benzene rings is 5. The maximum Gasteiger partial charge on any atom is 0.119 e. The third-order valence-electron chi connectivity index (χ3n) is 6.59. The second kappa shape index (κ2) is 11.2. The van der Waals surface area contributed by atoms with Gasteiger partial charge in [-0.15, -0.1) is 0 Å². The van der Waals surface area contributed by atoms with Gasteiger partial charge in [0.25, 0.3) is 0 Å². The Morgan fingerprint density at radius 3 is 1.56 bits per heavy atom. The molecule has 0 unspecified atom stereocenters. The van der Waals surface area contributed by atoms with Gasteiger partial charge < -0.3 is 10.1 Å². The van der Waals surface area contributed by atoms with Crippen LogP contribution >= 0.6 is 7.26 Å². The van der Waals surface area contributed by atoms with Crippen LogP contribution in [-0.2, 0) is 12.7 Å². The molecule has 0 radical (unpaired) electrons. The van der Waals surface area contributed by atoms with Crippen LogP contribution in [0.1, 0.15) is 11.1 Å². The van der Waals surface area contributed by atoms with Gasteiger partial charge in [0.1, 0.15) is 28.9 Å². The van der Waals surface area contributed by atoms with E-state index in [1.165, 1.54) is 27.0 Å². The molecule has 0 fully saturated rings. The predicted molar refractivity (Wildman–Crippen MR) is 156 cm³/mol. The van der Waals surface area contributed by atoms with Crippen molar-refractivity contribution in [3.63, 3.8) is 0 Å². The minimum Gasteiger partial charge on any atom is -0.497 e. The van der Waals surface area contributed by atoms with Crippen molar-refractivity contribution in [2.45, 2.75) is 12.7 Å². The number of methoxy groups -OCH3 is 1. The Morgan fingerprint density at radius 1 is 0.556 bits per heavy atom. The molecule has 36 heavy (non-hydrogen) atoms. The van der Waals surface area contributed by atoms with Crippen LogP contribution in [-0.4, -0.2) is 7.11 Å². The molecule has 0 heterocycles. The van der Waals surface area contributed by atoms with Gasteiger partial charge in [-0.1, -0.05) is 78.9 Å². The van der Waals surface area contributed by atoms with Crippen LogP contribution < -0.4 is 26.0 Å². The molecule has 5 rings (SSSR count). The lowest BCUT2D eigenvalue weighted by atomic mass is 10.1. The zero-order valence-corrected chi connectivity index (χ0v) is 21.4. The number of nitrogens with one attached hydrogen (secondary N) is 1. The highest BCUT2D eigenvalue weighted by Gasteiger charge is 2.45. The van der Waals surface area contributed by atoms with Crippen molar-refractivity contribution < 1.29 is 4.74 Å². The fraction of sp³-hybridized carbons (Fsp3) is 0.0909. The molecule has 0 atom stereocenters. The Bertz CT molecular complexity index is 1270. The van der Waals surface area contributed by atoms with Crippen LogP contribution in [0.15, 0.2) is 140 Å². The van der Waals surface area contributed by atoms with Crippen LogP contribution in [0.4, 0.5) is 5.69 Å². The van der Waals surface area contributed by atoms with E-state index in [1.54, 1.807) is 7.11 Å². The molecule has 0 spiro atoms. The first-order valence-corrected chi connectivity index (χ1v) is 14.3. The highest BCUT2D eigenvalue weighted by atomic mass is 31.2. The highest BCUT2D eigenvalue weighted by molar-refractivity contribution is 7.95. The number of rotatable bonds is 9. The van der Waals surface area contributed by atoms with E-state index in [0.29, 0.717) is 0 Å². The Labute approximate surface area is 215 Å². The summed E-state index contributed by atoms with van der Waals surface area (Å²) in [6, 6.07) is 50.3. The van der Waals surface area contributed by atoms with Gasteiger partial charge in [-0.25, -0.2) is 0 Å². The van der Waals surface area contributed by atoms with Gasteiger partial charge in [-0.05, 0) is 71.8 Å². The van der Waals surface area contributed by atoms with Gasteiger partial charge in [0.15, 0.2) is 0 Å². The molecule has 3 heteroatoms. The van der Waals surface area contributed by atoms with Gasteiger partial charge >= 0.3 is 0 Å². The first-order chi connectivity index (χ1) is 17.8. The largest absolute Gasteiger partial charge is 0.497 e. The summed E-state index contributed by atoms with van der Waals surface area (Å²) >= 11 is 0. The van der Waals surface area contributed by atoms with Gasteiger partial charge in [0, 0.05) is 12.2 Å². The second-order valence-electron chi connectivity index (χ2n) is 8.88. The third-order valence-corrected chi connectivity index (χ3v) is 11.0. The third kappa shape index (κ3) is 5.20. The molecule has 1 N–H and O–H groups in total. The van der Waals surface area contributed by atoms with E-state index in [2.05, 4.69) is 133 Å². The lowest BCUT2D eigenvalue weighted by Gasteiger charge is -2.28. The van der Waals surface area contributed by atoms with Gasteiger partial charge in [0.05, 0.1) is 13.3 Å². The molecular weight excluding hydrogens is 457 g/mol. The number of ether oxygens (including phenoxy) is 1. The molecule has 0 aliphatic heterocycles. The molecule has 0 bridgehead atoms.